The predicted molar refractivity (Wildman–Crippen MR) is 139 cm³/mol. The van der Waals surface area contributed by atoms with E-state index in [4.69, 9.17) is 10.5 Å². The van der Waals surface area contributed by atoms with E-state index in [0.717, 1.165) is 16.6 Å². The smallest absolute Gasteiger partial charge is 0.248 e. The molecule has 5 rings (SSSR count). The number of carbonyl (C=O) groups is 2. The number of rotatable bonds is 8. The van der Waals surface area contributed by atoms with E-state index < -0.39 is 11.4 Å². The first-order chi connectivity index (χ1) is 17.9. The molecule has 1 saturated heterocycles. The summed E-state index contributed by atoms with van der Waals surface area (Å²) in [7, 11) is 2.00. The number of halogens is 1. The molecule has 0 saturated carbocycles. The first-order valence-corrected chi connectivity index (χ1v) is 12.3. The molecule has 1 atom stereocenters. The first kappa shape index (κ1) is 24.5. The molecule has 1 fully saturated rings. The predicted octanol–water partition coefficient (Wildman–Crippen LogP) is 4.20. The molecule has 1 aliphatic rings. The van der Waals surface area contributed by atoms with Gasteiger partial charge in [0.15, 0.2) is 0 Å². The average Bonchev–Trinajstić information content (AvgIpc) is 3.49. The SMILES string of the molecule is Cn1c(CNCC(=O)N2CCCC2(C(N)=O)c2ccc(Oc3ccc(F)cc3)cc2)cc2ccccc21. The van der Waals surface area contributed by atoms with Crippen LogP contribution in [-0.4, -0.2) is 34.4 Å². The third-order valence-electron chi connectivity index (χ3n) is 7.10. The van der Waals surface area contributed by atoms with Crippen LogP contribution >= 0.6 is 0 Å². The van der Waals surface area contributed by atoms with Crippen LogP contribution in [0.4, 0.5) is 4.39 Å². The summed E-state index contributed by atoms with van der Waals surface area (Å²) in [5.74, 6) is -0.0549. The summed E-state index contributed by atoms with van der Waals surface area (Å²) in [4.78, 5) is 27.7. The van der Waals surface area contributed by atoms with Gasteiger partial charge in [0.25, 0.3) is 0 Å². The van der Waals surface area contributed by atoms with E-state index in [1.807, 2.05) is 19.2 Å². The van der Waals surface area contributed by atoms with Crippen molar-refractivity contribution in [1.82, 2.24) is 14.8 Å². The lowest BCUT2D eigenvalue weighted by molar-refractivity contribution is -0.143. The highest BCUT2D eigenvalue weighted by Gasteiger charge is 2.49. The molecule has 2 heterocycles. The molecule has 0 spiro atoms. The van der Waals surface area contributed by atoms with E-state index in [1.165, 1.54) is 24.3 Å². The van der Waals surface area contributed by atoms with Gasteiger partial charge in [0.1, 0.15) is 22.9 Å². The van der Waals surface area contributed by atoms with Crippen molar-refractivity contribution in [3.05, 3.63) is 95.9 Å². The van der Waals surface area contributed by atoms with E-state index in [-0.39, 0.29) is 18.3 Å². The highest BCUT2D eigenvalue weighted by molar-refractivity contribution is 5.93. The van der Waals surface area contributed by atoms with Crippen LogP contribution in [0.2, 0.25) is 0 Å². The molecule has 4 aromatic rings. The minimum absolute atomic E-state index is 0.0856. The zero-order valence-electron chi connectivity index (χ0n) is 20.6. The van der Waals surface area contributed by atoms with Gasteiger partial charge >= 0.3 is 0 Å². The van der Waals surface area contributed by atoms with Crippen molar-refractivity contribution in [2.45, 2.75) is 24.9 Å². The average molecular weight is 501 g/mol. The highest BCUT2D eigenvalue weighted by atomic mass is 19.1. The Bertz CT molecular complexity index is 1430. The number of aryl methyl sites for hydroxylation is 1. The maximum Gasteiger partial charge on any atom is 0.248 e. The normalized spacial score (nSPS) is 17.3. The second-order valence-electron chi connectivity index (χ2n) is 9.31. The number of benzene rings is 3. The Labute approximate surface area is 214 Å². The van der Waals surface area contributed by atoms with Gasteiger partial charge in [-0.2, -0.15) is 0 Å². The number of hydrogen-bond acceptors (Lipinski definition) is 4. The molecule has 2 amide bonds. The second-order valence-corrected chi connectivity index (χ2v) is 9.31. The van der Waals surface area contributed by atoms with Crippen LogP contribution in [-0.2, 0) is 28.7 Å². The van der Waals surface area contributed by atoms with Crippen LogP contribution in [0, 0.1) is 5.82 Å². The van der Waals surface area contributed by atoms with Crippen molar-refractivity contribution in [1.29, 1.82) is 0 Å². The van der Waals surface area contributed by atoms with Crippen LogP contribution in [0.1, 0.15) is 24.1 Å². The number of carbonyl (C=O) groups excluding carboxylic acids is 2. The molecule has 0 aliphatic carbocycles. The molecule has 3 aromatic carbocycles. The fourth-order valence-corrected chi connectivity index (χ4v) is 5.20. The minimum Gasteiger partial charge on any atom is -0.457 e. The zero-order valence-corrected chi connectivity index (χ0v) is 20.6. The van der Waals surface area contributed by atoms with Crippen molar-refractivity contribution in [2.24, 2.45) is 12.8 Å². The number of primary amides is 1. The van der Waals surface area contributed by atoms with Crippen LogP contribution in [0.5, 0.6) is 11.5 Å². The van der Waals surface area contributed by atoms with Gasteiger partial charge < -0.3 is 25.3 Å². The lowest BCUT2D eigenvalue weighted by atomic mass is 9.86. The number of hydrogen-bond donors (Lipinski definition) is 2. The first-order valence-electron chi connectivity index (χ1n) is 12.3. The Hall–Kier alpha value is -4.17. The number of amides is 2. The lowest BCUT2D eigenvalue weighted by Gasteiger charge is -2.36. The van der Waals surface area contributed by atoms with E-state index in [2.05, 4.69) is 28.1 Å². The monoisotopic (exact) mass is 500 g/mol. The largest absolute Gasteiger partial charge is 0.457 e. The number of likely N-dealkylation sites (tertiary alicyclic amines) is 1. The quantitative estimate of drug-likeness (QED) is 0.380. The lowest BCUT2D eigenvalue weighted by Crippen LogP contribution is -2.55. The summed E-state index contributed by atoms with van der Waals surface area (Å²) in [6.07, 6.45) is 1.13. The van der Waals surface area contributed by atoms with Gasteiger partial charge in [-0.25, -0.2) is 4.39 Å². The van der Waals surface area contributed by atoms with Gasteiger partial charge in [0, 0.05) is 31.3 Å². The van der Waals surface area contributed by atoms with E-state index >= 15 is 0 Å². The van der Waals surface area contributed by atoms with Crippen molar-refractivity contribution in [2.75, 3.05) is 13.1 Å². The molecule has 190 valence electrons. The van der Waals surface area contributed by atoms with E-state index in [9.17, 15) is 14.0 Å². The molecular weight excluding hydrogens is 471 g/mol. The molecule has 3 N–H and O–H groups in total. The molecule has 0 bridgehead atoms. The Morgan fingerprint density at radius 2 is 1.70 bits per heavy atom. The number of fused-ring (bicyclic) bond motifs is 1. The summed E-state index contributed by atoms with van der Waals surface area (Å²) < 4.78 is 21.0. The Morgan fingerprint density at radius 3 is 2.38 bits per heavy atom. The molecule has 0 radical (unpaired) electrons. The van der Waals surface area contributed by atoms with Gasteiger partial charge in [0.05, 0.1) is 6.54 Å². The molecule has 1 aromatic heterocycles. The highest BCUT2D eigenvalue weighted by Crippen LogP contribution is 2.39. The van der Waals surface area contributed by atoms with Gasteiger partial charge in [-0.3, -0.25) is 9.59 Å². The number of para-hydroxylation sites is 1. The Morgan fingerprint density at radius 1 is 1.03 bits per heavy atom. The minimum atomic E-state index is -1.22. The molecule has 1 unspecified atom stereocenters. The fourth-order valence-electron chi connectivity index (χ4n) is 5.20. The maximum atomic E-state index is 13.3. The van der Waals surface area contributed by atoms with E-state index in [0.29, 0.717) is 43.0 Å². The molecule has 37 heavy (non-hydrogen) atoms. The summed E-state index contributed by atoms with van der Waals surface area (Å²) >= 11 is 0. The number of nitrogens with zero attached hydrogens (tertiary/aromatic N) is 2. The van der Waals surface area contributed by atoms with Crippen molar-refractivity contribution in [3.8, 4) is 11.5 Å². The maximum absolute atomic E-state index is 13.3. The third-order valence-corrected chi connectivity index (χ3v) is 7.10. The topological polar surface area (TPSA) is 89.6 Å². The zero-order chi connectivity index (χ0) is 26.0. The van der Waals surface area contributed by atoms with Gasteiger partial charge in [0.2, 0.25) is 11.8 Å². The van der Waals surface area contributed by atoms with Crippen LogP contribution in [0.25, 0.3) is 10.9 Å². The summed E-state index contributed by atoms with van der Waals surface area (Å²) in [5.41, 5.74) is 7.55. The van der Waals surface area contributed by atoms with Crippen LogP contribution in [0.3, 0.4) is 0 Å². The summed E-state index contributed by atoms with van der Waals surface area (Å²) in [6.45, 7) is 1.05. The second kappa shape index (κ2) is 10.1. The summed E-state index contributed by atoms with van der Waals surface area (Å²) in [6, 6.07) is 22.9. The van der Waals surface area contributed by atoms with Crippen LogP contribution in [0.15, 0.2) is 78.9 Å². The Balaban J connectivity index is 1.29. The number of ether oxygens (including phenoxy) is 1. The standard InChI is InChI=1S/C29H29FN4O3/c1-33-23(17-20-5-2-3-6-26(20)33)18-32-19-27(35)34-16-4-15-29(34,28(31)36)21-7-11-24(12-8-21)37-25-13-9-22(30)10-14-25/h2-3,5-14,17,32H,4,15-16,18-19H2,1H3,(H2,31,36). The van der Waals surface area contributed by atoms with Crippen LogP contribution < -0.4 is 15.8 Å². The number of nitrogens with one attached hydrogen (secondary N) is 1. The number of nitrogens with two attached hydrogens (primary N) is 1. The van der Waals surface area contributed by atoms with Gasteiger partial charge in [-0.15, -0.1) is 0 Å². The van der Waals surface area contributed by atoms with Gasteiger partial charge in [-0.05, 0) is 72.3 Å². The molecular formula is C29H29FN4O3. The molecule has 7 nitrogen and oxygen atoms in total. The van der Waals surface area contributed by atoms with Gasteiger partial charge in [-0.1, -0.05) is 30.3 Å². The summed E-state index contributed by atoms with van der Waals surface area (Å²) in [5, 5.41) is 4.38. The number of aromatic nitrogens is 1. The van der Waals surface area contributed by atoms with Crippen molar-refractivity contribution in [3.63, 3.8) is 0 Å². The van der Waals surface area contributed by atoms with Crippen molar-refractivity contribution >= 4 is 22.7 Å². The van der Waals surface area contributed by atoms with E-state index in [1.54, 1.807) is 29.2 Å². The fraction of sp³-hybridized carbons (Fsp3) is 0.241. The molecule has 1 aliphatic heterocycles. The van der Waals surface area contributed by atoms with Crippen molar-refractivity contribution < 1.29 is 18.7 Å². The molecule has 8 heteroatoms. The Kier molecular flexibility index (Phi) is 6.67. The third kappa shape index (κ3) is 4.68.